The Hall–Kier alpha value is -1.94. The lowest BCUT2D eigenvalue weighted by molar-refractivity contribution is -0.385. The van der Waals surface area contributed by atoms with Crippen LogP contribution in [0.5, 0.6) is 0 Å². The third-order valence-corrected chi connectivity index (χ3v) is 3.17. The highest BCUT2D eigenvalue weighted by molar-refractivity contribution is 9.10. The van der Waals surface area contributed by atoms with Crippen molar-refractivity contribution in [1.29, 1.82) is 5.26 Å². The minimum absolute atomic E-state index is 0.0422. The molecule has 1 aromatic rings. The second kappa shape index (κ2) is 6.29. The minimum atomic E-state index is -0.629. The van der Waals surface area contributed by atoms with Crippen molar-refractivity contribution in [2.75, 3.05) is 0 Å². The average Bonchev–Trinajstić information content (AvgIpc) is 2.35. The minimum Gasteiger partial charge on any atom is -0.336 e. The van der Waals surface area contributed by atoms with Crippen LogP contribution >= 0.6 is 15.9 Å². The number of nitro benzene ring substituents is 1. The van der Waals surface area contributed by atoms with Crippen molar-refractivity contribution in [2.45, 2.75) is 19.9 Å². The molecule has 0 fully saturated rings. The fraction of sp³-hybridized carbons (Fsp3) is 0.333. The molecule has 0 aliphatic rings. The summed E-state index contributed by atoms with van der Waals surface area (Å²) in [4.78, 5) is 22.1. The van der Waals surface area contributed by atoms with Crippen LogP contribution in [0.2, 0.25) is 0 Å². The van der Waals surface area contributed by atoms with Gasteiger partial charge in [-0.2, -0.15) is 5.26 Å². The molecule has 0 heterocycles. The molecule has 1 amide bonds. The van der Waals surface area contributed by atoms with Gasteiger partial charge in [0.25, 0.3) is 11.6 Å². The van der Waals surface area contributed by atoms with Gasteiger partial charge in [0.05, 0.1) is 15.5 Å². The molecule has 7 heteroatoms. The van der Waals surface area contributed by atoms with Crippen LogP contribution in [-0.4, -0.2) is 16.9 Å². The highest BCUT2D eigenvalue weighted by Crippen LogP contribution is 2.25. The van der Waals surface area contributed by atoms with Gasteiger partial charge >= 0.3 is 0 Å². The van der Waals surface area contributed by atoms with Crippen LogP contribution in [0.15, 0.2) is 22.7 Å². The number of carbonyl (C=O) groups excluding carboxylic acids is 1. The first-order valence-electron chi connectivity index (χ1n) is 5.51. The van der Waals surface area contributed by atoms with Crippen molar-refractivity contribution in [1.82, 2.24) is 5.32 Å². The average molecular weight is 326 g/mol. The molecule has 1 atom stereocenters. The van der Waals surface area contributed by atoms with E-state index in [1.54, 1.807) is 13.8 Å². The Morgan fingerprint density at radius 2 is 2.16 bits per heavy atom. The number of benzene rings is 1. The lowest BCUT2D eigenvalue weighted by atomic mass is 10.1. The van der Waals surface area contributed by atoms with Crippen LogP contribution in [0.4, 0.5) is 5.69 Å². The lowest BCUT2D eigenvalue weighted by Gasteiger charge is -2.14. The van der Waals surface area contributed by atoms with Crippen molar-refractivity contribution in [3.8, 4) is 6.07 Å². The number of nitro groups is 1. The molecule has 1 unspecified atom stereocenters. The Morgan fingerprint density at radius 3 is 2.63 bits per heavy atom. The Balaban J connectivity index is 2.98. The van der Waals surface area contributed by atoms with E-state index in [2.05, 4.69) is 21.2 Å². The number of hydrogen-bond donors (Lipinski definition) is 1. The van der Waals surface area contributed by atoms with Crippen molar-refractivity contribution in [3.05, 3.63) is 38.3 Å². The monoisotopic (exact) mass is 325 g/mol. The van der Waals surface area contributed by atoms with Gasteiger partial charge in [-0.15, -0.1) is 0 Å². The summed E-state index contributed by atoms with van der Waals surface area (Å²) in [7, 11) is 0. The number of carbonyl (C=O) groups is 1. The van der Waals surface area contributed by atoms with Crippen molar-refractivity contribution in [2.24, 2.45) is 5.92 Å². The van der Waals surface area contributed by atoms with Crippen molar-refractivity contribution < 1.29 is 9.72 Å². The van der Waals surface area contributed by atoms with Gasteiger partial charge in [0, 0.05) is 11.6 Å². The van der Waals surface area contributed by atoms with E-state index < -0.39 is 16.9 Å². The zero-order chi connectivity index (χ0) is 14.6. The van der Waals surface area contributed by atoms with E-state index in [0.29, 0.717) is 4.47 Å². The first-order valence-corrected chi connectivity index (χ1v) is 6.30. The number of halogens is 1. The lowest BCUT2D eigenvalue weighted by Crippen LogP contribution is -2.37. The Morgan fingerprint density at radius 1 is 1.53 bits per heavy atom. The molecule has 0 aromatic heterocycles. The maximum absolute atomic E-state index is 11.9. The van der Waals surface area contributed by atoms with Gasteiger partial charge in [0.15, 0.2) is 0 Å². The normalized spacial score (nSPS) is 11.7. The summed E-state index contributed by atoms with van der Waals surface area (Å²) in [5, 5.41) is 22.2. The first-order chi connectivity index (χ1) is 8.86. The van der Waals surface area contributed by atoms with E-state index in [1.165, 1.54) is 18.2 Å². The third-order valence-electron chi connectivity index (χ3n) is 2.50. The molecule has 1 rings (SSSR count). The fourth-order valence-corrected chi connectivity index (χ4v) is 1.76. The maximum atomic E-state index is 11.9. The fourth-order valence-electron chi connectivity index (χ4n) is 1.37. The van der Waals surface area contributed by atoms with Crippen LogP contribution in [0.3, 0.4) is 0 Å². The molecule has 0 saturated carbocycles. The summed E-state index contributed by atoms with van der Waals surface area (Å²) in [6.45, 7) is 3.61. The predicted octanol–water partition coefficient (Wildman–Crippen LogP) is 2.64. The molecule has 0 bridgehead atoms. The second-order valence-electron chi connectivity index (χ2n) is 4.25. The number of nitrogens with zero attached hydrogens (tertiary/aromatic N) is 2. The topological polar surface area (TPSA) is 96.0 Å². The summed E-state index contributed by atoms with van der Waals surface area (Å²) in [6.07, 6.45) is 0. The van der Waals surface area contributed by atoms with Crippen LogP contribution in [-0.2, 0) is 0 Å². The third kappa shape index (κ3) is 3.76. The molecule has 0 saturated heterocycles. The van der Waals surface area contributed by atoms with E-state index >= 15 is 0 Å². The quantitative estimate of drug-likeness (QED) is 0.679. The van der Waals surface area contributed by atoms with Gasteiger partial charge < -0.3 is 5.32 Å². The molecule has 0 spiro atoms. The number of amides is 1. The number of nitrogens with one attached hydrogen (secondary N) is 1. The number of hydrogen-bond acceptors (Lipinski definition) is 4. The van der Waals surface area contributed by atoms with Crippen molar-refractivity contribution in [3.63, 3.8) is 0 Å². The van der Waals surface area contributed by atoms with Gasteiger partial charge in [-0.05, 0) is 34.0 Å². The summed E-state index contributed by atoms with van der Waals surface area (Å²) < 4.78 is 0.301. The van der Waals surface area contributed by atoms with Crippen LogP contribution in [0.25, 0.3) is 0 Å². The standard InChI is InChI=1S/C12H12BrN3O3/c1-7(2)10(6-14)15-12(17)8-3-4-9(13)11(5-8)16(18)19/h3-5,7,10H,1-2H3,(H,15,17). The van der Waals surface area contributed by atoms with E-state index in [4.69, 9.17) is 5.26 Å². The van der Waals surface area contributed by atoms with Gasteiger partial charge in [-0.3, -0.25) is 14.9 Å². The SMILES string of the molecule is CC(C)C(C#N)NC(=O)c1ccc(Br)c([N+](=O)[O-])c1. The Bertz CT molecular complexity index is 552. The molecule has 19 heavy (non-hydrogen) atoms. The molecule has 0 aliphatic carbocycles. The molecule has 0 radical (unpaired) electrons. The molecule has 1 N–H and O–H groups in total. The summed E-state index contributed by atoms with van der Waals surface area (Å²) in [5.41, 5.74) is -0.0403. The zero-order valence-corrected chi connectivity index (χ0v) is 12.0. The van der Waals surface area contributed by atoms with Crippen LogP contribution < -0.4 is 5.32 Å². The van der Waals surface area contributed by atoms with E-state index in [9.17, 15) is 14.9 Å². The van der Waals surface area contributed by atoms with E-state index in [1.807, 2.05) is 6.07 Å². The largest absolute Gasteiger partial charge is 0.336 e. The van der Waals surface area contributed by atoms with Crippen molar-refractivity contribution >= 4 is 27.5 Å². The highest BCUT2D eigenvalue weighted by Gasteiger charge is 2.19. The Kier molecular flexibility index (Phi) is 5.01. The van der Waals surface area contributed by atoms with Gasteiger partial charge in [-0.25, -0.2) is 0 Å². The molecule has 0 aliphatic heterocycles. The molecule has 1 aromatic carbocycles. The molecule has 100 valence electrons. The Labute approximate surface area is 118 Å². The number of nitriles is 1. The van der Waals surface area contributed by atoms with Gasteiger partial charge in [0.1, 0.15) is 6.04 Å². The molecular weight excluding hydrogens is 314 g/mol. The van der Waals surface area contributed by atoms with Gasteiger partial charge in [-0.1, -0.05) is 13.8 Å². The predicted molar refractivity (Wildman–Crippen MR) is 72.5 cm³/mol. The highest BCUT2D eigenvalue weighted by atomic mass is 79.9. The summed E-state index contributed by atoms with van der Waals surface area (Å²) in [5.74, 6) is -0.546. The number of rotatable bonds is 4. The molecule has 6 nitrogen and oxygen atoms in total. The van der Waals surface area contributed by atoms with Gasteiger partial charge in [0.2, 0.25) is 0 Å². The molecular formula is C12H12BrN3O3. The zero-order valence-electron chi connectivity index (χ0n) is 10.4. The maximum Gasteiger partial charge on any atom is 0.284 e. The van der Waals surface area contributed by atoms with E-state index in [0.717, 1.165) is 0 Å². The second-order valence-corrected chi connectivity index (χ2v) is 5.10. The smallest absolute Gasteiger partial charge is 0.284 e. The summed E-state index contributed by atoms with van der Waals surface area (Å²) >= 11 is 3.04. The summed E-state index contributed by atoms with van der Waals surface area (Å²) in [6, 6.07) is 5.42. The first kappa shape index (κ1) is 15.1. The van der Waals surface area contributed by atoms with E-state index in [-0.39, 0.29) is 17.2 Å². The van der Waals surface area contributed by atoms with Crippen LogP contribution in [0, 0.1) is 27.4 Å². The van der Waals surface area contributed by atoms with Crippen LogP contribution in [0.1, 0.15) is 24.2 Å².